The van der Waals surface area contributed by atoms with Gasteiger partial charge in [-0.2, -0.15) is 13.2 Å². The fourth-order valence-electron chi connectivity index (χ4n) is 2.12. The largest absolute Gasteiger partial charge is 0.416 e. The predicted octanol–water partition coefficient (Wildman–Crippen LogP) is 4.23. The minimum absolute atomic E-state index is 0.262. The van der Waals surface area contributed by atoms with Gasteiger partial charge in [-0.05, 0) is 23.8 Å². The zero-order chi connectivity index (χ0) is 16.4. The smallest absolute Gasteiger partial charge is 0.301 e. The van der Waals surface area contributed by atoms with Crippen molar-refractivity contribution in [3.8, 4) is 0 Å². The van der Waals surface area contributed by atoms with Crippen LogP contribution in [0, 0.1) is 0 Å². The summed E-state index contributed by atoms with van der Waals surface area (Å²) in [5, 5.41) is 0.863. The van der Waals surface area contributed by atoms with Crippen molar-refractivity contribution < 1.29 is 13.2 Å². The van der Waals surface area contributed by atoms with Crippen molar-refractivity contribution in [2.24, 2.45) is 0 Å². The van der Waals surface area contributed by atoms with E-state index in [4.69, 9.17) is 0 Å². The lowest BCUT2D eigenvalue weighted by Crippen LogP contribution is -2.09. The number of rotatable bonds is 3. The summed E-state index contributed by atoms with van der Waals surface area (Å²) in [5.41, 5.74) is 0.126. The van der Waals surface area contributed by atoms with Crippen LogP contribution in [0.5, 0.6) is 0 Å². The van der Waals surface area contributed by atoms with Crippen molar-refractivity contribution in [3.63, 3.8) is 0 Å². The lowest BCUT2D eigenvalue weighted by Gasteiger charge is -2.08. The fourth-order valence-corrected chi connectivity index (χ4v) is 2.93. The van der Waals surface area contributed by atoms with E-state index in [-0.39, 0.29) is 11.3 Å². The van der Waals surface area contributed by atoms with E-state index in [0.717, 1.165) is 12.1 Å². The molecule has 0 unspecified atom stereocenters. The Morgan fingerprint density at radius 3 is 2.65 bits per heavy atom. The maximum absolute atomic E-state index is 12.7. The zero-order valence-corrected chi connectivity index (χ0v) is 12.5. The average Bonchev–Trinajstić information content (AvgIpc) is 2.52. The molecule has 23 heavy (non-hydrogen) atoms. The molecule has 0 saturated carbocycles. The normalized spacial score (nSPS) is 11.8. The Bertz CT molecular complexity index is 905. The first-order chi connectivity index (χ1) is 10.9. The molecule has 118 valence electrons. The fraction of sp³-hybridized carbons (Fsp3) is 0.125. The summed E-state index contributed by atoms with van der Waals surface area (Å²) in [6.45, 7) is 0. The van der Waals surface area contributed by atoms with Gasteiger partial charge in [0.05, 0.1) is 16.5 Å². The standard InChI is InChI=1S/C16H11F3N2OS/c17-16(18,19)11-5-3-4-10(8-11)9-23-15-20-13-7-2-1-6-12(13)14(22)21-15/h1-8H,9H2,(H,20,21,22). The number of H-pyrrole nitrogens is 1. The quantitative estimate of drug-likeness (QED) is 0.575. The molecule has 0 saturated heterocycles. The van der Waals surface area contributed by atoms with Crippen molar-refractivity contribution in [2.75, 3.05) is 0 Å². The van der Waals surface area contributed by atoms with Gasteiger partial charge < -0.3 is 4.98 Å². The van der Waals surface area contributed by atoms with Crippen LogP contribution >= 0.6 is 11.8 Å². The number of aromatic nitrogens is 2. The van der Waals surface area contributed by atoms with Crippen molar-refractivity contribution in [2.45, 2.75) is 17.1 Å². The Hall–Kier alpha value is -2.28. The minimum Gasteiger partial charge on any atom is -0.301 e. The van der Waals surface area contributed by atoms with Crippen molar-refractivity contribution >= 4 is 22.7 Å². The van der Waals surface area contributed by atoms with Gasteiger partial charge in [-0.3, -0.25) is 4.79 Å². The highest BCUT2D eigenvalue weighted by atomic mass is 32.2. The lowest BCUT2D eigenvalue weighted by atomic mass is 10.1. The molecular formula is C16H11F3N2OS. The molecule has 3 aromatic rings. The molecule has 0 atom stereocenters. The van der Waals surface area contributed by atoms with E-state index in [9.17, 15) is 18.0 Å². The summed E-state index contributed by atoms with van der Waals surface area (Å²) in [6.07, 6.45) is -4.36. The summed E-state index contributed by atoms with van der Waals surface area (Å²) < 4.78 is 38.1. The Labute approximate surface area is 133 Å². The summed E-state index contributed by atoms with van der Waals surface area (Å²) in [5.74, 6) is 0.283. The monoisotopic (exact) mass is 336 g/mol. The Kier molecular flexibility index (Phi) is 4.12. The number of benzene rings is 2. The number of hydrogen-bond donors (Lipinski definition) is 1. The second kappa shape index (κ2) is 6.08. The van der Waals surface area contributed by atoms with Crippen LogP contribution < -0.4 is 5.56 Å². The number of alkyl halides is 3. The molecule has 3 nitrogen and oxygen atoms in total. The van der Waals surface area contributed by atoms with Crippen LogP contribution in [0.4, 0.5) is 13.2 Å². The second-order valence-electron chi connectivity index (χ2n) is 4.88. The maximum Gasteiger partial charge on any atom is 0.416 e. The van der Waals surface area contributed by atoms with Gasteiger partial charge in [-0.15, -0.1) is 0 Å². The van der Waals surface area contributed by atoms with E-state index in [2.05, 4.69) is 9.97 Å². The molecule has 1 aromatic heterocycles. The van der Waals surface area contributed by atoms with Gasteiger partial charge in [0.1, 0.15) is 0 Å². The second-order valence-corrected chi connectivity index (χ2v) is 5.84. The summed E-state index contributed by atoms with van der Waals surface area (Å²) in [7, 11) is 0. The molecule has 0 bridgehead atoms. The van der Waals surface area contributed by atoms with E-state index >= 15 is 0 Å². The van der Waals surface area contributed by atoms with E-state index in [1.54, 1.807) is 30.3 Å². The third-order valence-corrected chi connectivity index (χ3v) is 4.17. The number of aromatic amines is 1. The molecule has 0 radical (unpaired) electrons. The lowest BCUT2D eigenvalue weighted by molar-refractivity contribution is -0.137. The van der Waals surface area contributed by atoms with Crippen LogP contribution in [0.1, 0.15) is 11.1 Å². The molecule has 2 aromatic carbocycles. The molecule has 0 spiro atoms. The summed E-state index contributed by atoms with van der Waals surface area (Å²) in [4.78, 5) is 18.9. The molecule has 0 amide bonds. The van der Waals surface area contributed by atoms with Crippen LogP contribution in [-0.4, -0.2) is 9.97 Å². The molecule has 1 heterocycles. The van der Waals surface area contributed by atoms with E-state index in [0.29, 0.717) is 21.6 Å². The van der Waals surface area contributed by atoms with Crippen molar-refractivity contribution in [3.05, 3.63) is 70.0 Å². The Morgan fingerprint density at radius 2 is 1.87 bits per heavy atom. The van der Waals surface area contributed by atoms with Gasteiger partial charge >= 0.3 is 6.18 Å². The van der Waals surface area contributed by atoms with E-state index in [1.807, 2.05) is 0 Å². The molecule has 0 aliphatic rings. The number of thioether (sulfide) groups is 1. The molecule has 0 aliphatic carbocycles. The number of hydrogen-bond acceptors (Lipinski definition) is 3. The first kappa shape index (κ1) is 15.6. The van der Waals surface area contributed by atoms with E-state index in [1.165, 1.54) is 17.8 Å². The van der Waals surface area contributed by atoms with Crippen LogP contribution in [0.25, 0.3) is 10.9 Å². The predicted molar refractivity (Wildman–Crippen MR) is 83.4 cm³/mol. The van der Waals surface area contributed by atoms with Gasteiger partial charge in [0.2, 0.25) is 0 Å². The molecule has 0 fully saturated rings. The molecule has 3 rings (SSSR count). The molecule has 7 heteroatoms. The highest BCUT2D eigenvalue weighted by Crippen LogP contribution is 2.30. The number of halogens is 3. The average molecular weight is 336 g/mol. The Morgan fingerprint density at radius 1 is 1.09 bits per heavy atom. The zero-order valence-electron chi connectivity index (χ0n) is 11.7. The van der Waals surface area contributed by atoms with Crippen molar-refractivity contribution in [1.82, 2.24) is 9.97 Å². The first-order valence-electron chi connectivity index (χ1n) is 6.71. The highest BCUT2D eigenvalue weighted by Gasteiger charge is 2.30. The number of nitrogens with one attached hydrogen (secondary N) is 1. The molecular weight excluding hydrogens is 325 g/mol. The van der Waals surface area contributed by atoms with Crippen LogP contribution in [0.3, 0.4) is 0 Å². The van der Waals surface area contributed by atoms with Gasteiger partial charge in [0.15, 0.2) is 5.16 Å². The van der Waals surface area contributed by atoms with E-state index < -0.39 is 11.7 Å². The van der Waals surface area contributed by atoms with Crippen LogP contribution in [0.2, 0.25) is 0 Å². The van der Waals surface area contributed by atoms with Gasteiger partial charge in [0, 0.05) is 5.75 Å². The number of nitrogens with zero attached hydrogens (tertiary/aromatic N) is 1. The maximum atomic E-state index is 12.7. The van der Waals surface area contributed by atoms with Gasteiger partial charge in [-0.25, -0.2) is 4.98 Å². The highest BCUT2D eigenvalue weighted by molar-refractivity contribution is 7.98. The third-order valence-electron chi connectivity index (χ3n) is 3.22. The molecule has 1 N–H and O–H groups in total. The minimum atomic E-state index is -4.36. The summed E-state index contributed by atoms with van der Waals surface area (Å²) in [6, 6.07) is 12.0. The number of para-hydroxylation sites is 1. The van der Waals surface area contributed by atoms with Gasteiger partial charge in [-0.1, -0.05) is 42.1 Å². The van der Waals surface area contributed by atoms with Crippen molar-refractivity contribution in [1.29, 1.82) is 0 Å². The first-order valence-corrected chi connectivity index (χ1v) is 7.70. The Balaban J connectivity index is 1.83. The number of fused-ring (bicyclic) bond motifs is 1. The topological polar surface area (TPSA) is 45.8 Å². The van der Waals surface area contributed by atoms with Gasteiger partial charge in [0.25, 0.3) is 5.56 Å². The van der Waals surface area contributed by atoms with Crippen LogP contribution in [-0.2, 0) is 11.9 Å². The third kappa shape index (κ3) is 3.56. The molecule has 0 aliphatic heterocycles. The SMILES string of the molecule is O=c1[nH]c(SCc2cccc(C(F)(F)F)c2)nc2ccccc12. The van der Waals surface area contributed by atoms with Crippen LogP contribution in [0.15, 0.2) is 58.5 Å². The summed E-state index contributed by atoms with van der Waals surface area (Å²) >= 11 is 1.19.